The van der Waals surface area contributed by atoms with Crippen LogP contribution < -0.4 is 0 Å². The van der Waals surface area contributed by atoms with Crippen LogP contribution in [-0.4, -0.2) is 34.0 Å². The van der Waals surface area contributed by atoms with Crippen LogP contribution in [0.5, 0.6) is 0 Å². The third kappa shape index (κ3) is 4.42. The molecule has 0 saturated heterocycles. The Kier molecular flexibility index (Phi) is 5.55. The summed E-state index contributed by atoms with van der Waals surface area (Å²) >= 11 is 0. The summed E-state index contributed by atoms with van der Waals surface area (Å²) in [6.45, 7) is 6.61. The molecule has 0 bridgehead atoms. The van der Waals surface area contributed by atoms with Gasteiger partial charge in [0.15, 0.2) is 0 Å². The van der Waals surface area contributed by atoms with E-state index in [4.69, 9.17) is 0 Å². The molecular formula is C18H23FN2O2. The van der Waals surface area contributed by atoms with Crippen LogP contribution in [0.15, 0.2) is 36.5 Å². The molecule has 124 valence electrons. The highest BCUT2D eigenvalue weighted by atomic mass is 19.1. The van der Waals surface area contributed by atoms with Crippen LogP contribution in [0, 0.1) is 18.7 Å². The Hall–Kier alpha value is -2.14. The highest BCUT2D eigenvalue weighted by molar-refractivity contribution is 5.95. The first-order valence-electron chi connectivity index (χ1n) is 7.75. The number of aromatic amines is 1. The predicted octanol–water partition coefficient (Wildman–Crippen LogP) is 3.29. The number of hydrogen-bond acceptors (Lipinski definition) is 2. The van der Waals surface area contributed by atoms with Crippen LogP contribution in [-0.2, 0) is 0 Å². The largest absolute Gasteiger partial charge is 0.387 e. The van der Waals surface area contributed by atoms with E-state index >= 15 is 0 Å². The zero-order chi connectivity index (χ0) is 17.0. The van der Waals surface area contributed by atoms with E-state index in [0.29, 0.717) is 17.7 Å². The first-order valence-corrected chi connectivity index (χ1v) is 7.75. The SMILES string of the molecule is Cc1[nH]ccc1C(=O)N(CC(C)C)C[C@H](O)c1ccc(F)cc1. The van der Waals surface area contributed by atoms with Gasteiger partial charge in [-0.05, 0) is 36.6 Å². The third-order valence-electron chi connectivity index (χ3n) is 3.71. The Balaban J connectivity index is 2.16. The van der Waals surface area contributed by atoms with Crippen molar-refractivity contribution in [1.29, 1.82) is 0 Å². The molecule has 0 aliphatic carbocycles. The number of carbonyl (C=O) groups excluding carboxylic acids is 1. The van der Waals surface area contributed by atoms with Crippen LogP contribution in [0.3, 0.4) is 0 Å². The fraction of sp³-hybridized carbons (Fsp3) is 0.389. The second-order valence-electron chi connectivity index (χ2n) is 6.19. The molecule has 2 aromatic rings. The van der Waals surface area contributed by atoms with E-state index in [-0.39, 0.29) is 24.2 Å². The van der Waals surface area contributed by atoms with Gasteiger partial charge >= 0.3 is 0 Å². The lowest BCUT2D eigenvalue weighted by molar-refractivity contribution is 0.0594. The van der Waals surface area contributed by atoms with Crippen LogP contribution in [0.2, 0.25) is 0 Å². The normalized spacial score (nSPS) is 12.4. The van der Waals surface area contributed by atoms with Crippen molar-refractivity contribution >= 4 is 5.91 Å². The fourth-order valence-electron chi connectivity index (χ4n) is 2.54. The number of halogens is 1. The molecular weight excluding hydrogens is 295 g/mol. The summed E-state index contributed by atoms with van der Waals surface area (Å²) in [4.78, 5) is 17.4. The lowest BCUT2D eigenvalue weighted by Gasteiger charge is -2.27. The molecule has 23 heavy (non-hydrogen) atoms. The van der Waals surface area contributed by atoms with Gasteiger partial charge in [-0.1, -0.05) is 26.0 Å². The molecule has 5 heteroatoms. The van der Waals surface area contributed by atoms with Gasteiger partial charge in [-0.3, -0.25) is 4.79 Å². The summed E-state index contributed by atoms with van der Waals surface area (Å²) in [5, 5.41) is 10.4. The van der Waals surface area contributed by atoms with E-state index in [1.807, 2.05) is 20.8 Å². The minimum atomic E-state index is -0.849. The van der Waals surface area contributed by atoms with Crippen molar-refractivity contribution in [3.63, 3.8) is 0 Å². The van der Waals surface area contributed by atoms with Gasteiger partial charge in [0.2, 0.25) is 0 Å². The average molecular weight is 318 g/mol. The number of nitrogens with one attached hydrogen (secondary N) is 1. The van der Waals surface area contributed by atoms with E-state index in [0.717, 1.165) is 5.69 Å². The third-order valence-corrected chi connectivity index (χ3v) is 3.71. The Morgan fingerprint density at radius 3 is 2.39 bits per heavy atom. The van der Waals surface area contributed by atoms with Gasteiger partial charge in [0, 0.05) is 18.4 Å². The van der Waals surface area contributed by atoms with E-state index in [1.54, 1.807) is 29.3 Å². The Morgan fingerprint density at radius 2 is 1.87 bits per heavy atom. The van der Waals surface area contributed by atoms with Gasteiger partial charge in [-0.2, -0.15) is 0 Å². The molecule has 2 N–H and O–H groups in total. The van der Waals surface area contributed by atoms with E-state index in [9.17, 15) is 14.3 Å². The maximum absolute atomic E-state index is 13.0. The van der Waals surface area contributed by atoms with Crippen molar-refractivity contribution in [1.82, 2.24) is 9.88 Å². The van der Waals surface area contributed by atoms with Gasteiger partial charge in [0.05, 0.1) is 18.2 Å². The molecule has 1 amide bonds. The van der Waals surface area contributed by atoms with Gasteiger partial charge in [0.1, 0.15) is 5.82 Å². The van der Waals surface area contributed by atoms with Gasteiger partial charge in [-0.15, -0.1) is 0 Å². The average Bonchev–Trinajstić information content (AvgIpc) is 2.92. The lowest BCUT2D eigenvalue weighted by Crippen LogP contribution is -2.37. The van der Waals surface area contributed by atoms with Crippen molar-refractivity contribution < 1.29 is 14.3 Å². The van der Waals surface area contributed by atoms with E-state index in [2.05, 4.69) is 4.98 Å². The minimum Gasteiger partial charge on any atom is -0.387 e. The molecule has 1 heterocycles. The maximum Gasteiger partial charge on any atom is 0.255 e. The minimum absolute atomic E-state index is 0.112. The van der Waals surface area contributed by atoms with Crippen molar-refractivity contribution in [2.24, 2.45) is 5.92 Å². The second-order valence-corrected chi connectivity index (χ2v) is 6.19. The zero-order valence-corrected chi connectivity index (χ0v) is 13.7. The van der Waals surface area contributed by atoms with Crippen LogP contribution in [0.1, 0.15) is 41.6 Å². The van der Waals surface area contributed by atoms with Crippen LogP contribution in [0.25, 0.3) is 0 Å². The number of carbonyl (C=O) groups is 1. The van der Waals surface area contributed by atoms with Crippen LogP contribution in [0.4, 0.5) is 4.39 Å². The van der Waals surface area contributed by atoms with E-state index in [1.165, 1.54) is 12.1 Å². The summed E-state index contributed by atoms with van der Waals surface area (Å²) in [5.74, 6) is -0.184. The molecule has 1 aromatic heterocycles. The molecule has 0 fully saturated rings. The Morgan fingerprint density at radius 1 is 1.22 bits per heavy atom. The number of aliphatic hydroxyl groups excluding tert-OH is 1. The van der Waals surface area contributed by atoms with Crippen molar-refractivity contribution in [2.45, 2.75) is 26.9 Å². The smallest absolute Gasteiger partial charge is 0.255 e. The number of nitrogens with zero attached hydrogens (tertiary/aromatic N) is 1. The monoisotopic (exact) mass is 318 g/mol. The molecule has 0 spiro atoms. The highest BCUT2D eigenvalue weighted by Crippen LogP contribution is 2.18. The quantitative estimate of drug-likeness (QED) is 0.858. The molecule has 0 saturated carbocycles. The molecule has 2 rings (SSSR count). The molecule has 4 nitrogen and oxygen atoms in total. The number of aryl methyl sites for hydroxylation is 1. The van der Waals surface area contributed by atoms with Gasteiger partial charge in [-0.25, -0.2) is 4.39 Å². The summed E-state index contributed by atoms with van der Waals surface area (Å²) in [7, 11) is 0. The lowest BCUT2D eigenvalue weighted by atomic mass is 10.1. The Labute approximate surface area is 135 Å². The number of aliphatic hydroxyl groups is 1. The predicted molar refractivity (Wildman–Crippen MR) is 87.6 cm³/mol. The summed E-state index contributed by atoms with van der Waals surface area (Å²) < 4.78 is 13.0. The maximum atomic E-state index is 13.0. The summed E-state index contributed by atoms with van der Waals surface area (Å²) in [6.07, 6.45) is 0.879. The summed E-state index contributed by atoms with van der Waals surface area (Å²) in [5.41, 5.74) is 2.01. The standard InChI is InChI=1S/C18H23FN2O2/c1-12(2)10-21(18(23)16-8-9-20-13(16)3)11-17(22)14-4-6-15(19)7-5-14/h4-9,12,17,20,22H,10-11H2,1-3H3/t17-/m0/s1. The number of rotatable bonds is 6. The van der Waals surface area contributed by atoms with Crippen molar-refractivity contribution in [2.75, 3.05) is 13.1 Å². The number of aromatic nitrogens is 1. The second kappa shape index (κ2) is 7.42. The number of benzene rings is 1. The van der Waals surface area contributed by atoms with Gasteiger partial charge in [0.25, 0.3) is 5.91 Å². The highest BCUT2D eigenvalue weighted by Gasteiger charge is 2.22. The molecule has 0 unspecified atom stereocenters. The number of amides is 1. The molecule has 0 aliphatic rings. The molecule has 1 aromatic carbocycles. The zero-order valence-electron chi connectivity index (χ0n) is 13.7. The summed E-state index contributed by atoms with van der Waals surface area (Å²) in [6, 6.07) is 7.45. The van der Waals surface area contributed by atoms with Crippen molar-refractivity contribution in [3.05, 3.63) is 59.2 Å². The first kappa shape index (κ1) is 17.2. The topological polar surface area (TPSA) is 56.3 Å². The molecule has 1 atom stereocenters. The first-order chi connectivity index (χ1) is 10.9. The number of hydrogen-bond donors (Lipinski definition) is 2. The van der Waals surface area contributed by atoms with Gasteiger partial charge < -0.3 is 15.0 Å². The molecule has 0 aliphatic heterocycles. The van der Waals surface area contributed by atoms with Crippen molar-refractivity contribution in [3.8, 4) is 0 Å². The van der Waals surface area contributed by atoms with Crippen LogP contribution >= 0.6 is 0 Å². The Bertz CT molecular complexity index is 649. The van der Waals surface area contributed by atoms with E-state index < -0.39 is 6.10 Å². The fourth-order valence-corrected chi connectivity index (χ4v) is 2.54. The molecule has 0 radical (unpaired) electrons. The number of H-pyrrole nitrogens is 1.